The zero-order valence-corrected chi connectivity index (χ0v) is 17.3. The van der Waals surface area contributed by atoms with Gasteiger partial charge in [-0.3, -0.25) is 0 Å². The minimum absolute atomic E-state index is 0.393. The van der Waals surface area contributed by atoms with E-state index in [1.807, 2.05) is 0 Å². The van der Waals surface area contributed by atoms with Crippen LogP contribution < -0.4 is 0 Å². The summed E-state index contributed by atoms with van der Waals surface area (Å²) in [6.07, 6.45) is 6.50. The number of hydrogen-bond acceptors (Lipinski definition) is 0. The fraction of sp³-hybridized carbons (Fsp3) is 0.520. The highest BCUT2D eigenvalue weighted by molar-refractivity contribution is 5.25. The van der Waals surface area contributed by atoms with Crippen molar-refractivity contribution in [1.82, 2.24) is 4.57 Å². The third-order valence-corrected chi connectivity index (χ3v) is 6.43. The van der Waals surface area contributed by atoms with E-state index in [4.69, 9.17) is 0 Å². The monoisotopic (exact) mass is 349 g/mol. The van der Waals surface area contributed by atoms with Crippen molar-refractivity contribution >= 4 is 0 Å². The summed E-state index contributed by atoms with van der Waals surface area (Å²) in [6.45, 7) is 12.9. The summed E-state index contributed by atoms with van der Waals surface area (Å²) in [4.78, 5) is 0. The highest BCUT2D eigenvalue weighted by atomic mass is 15.0. The lowest BCUT2D eigenvalue weighted by molar-refractivity contribution is 0.349. The maximum atomic E-state index is 2.51. The van der Waals surface area contributed by atoms with Crippen molar-refractivity contribution in [3.8, 4) is 0 Å². The summed E-state index contributed by atoms with van der Waals surface area (Å²) in [5.41, 5.74) is 8.01. The van der Waals surface area contributed by atoms with Crippen molar-refractivity contribution in [2.24, 2.45) is 5.41 Å². The smallest absolute Gasteiger partial charge is 0.0475 e. The second kappa shape index (κ2) is 7.86. The van der Waals surface area contributed by atoms with E-state index in [-0.39, 0.29) is 0 Å². The van der Waals surface area contributed by atoms with E-state index in [1.165, 1.54) is 49.1 Å². The Morgan fingerprint density at radius 2 is 1.77 bits per heavy atom. The van der Waals surface area contributed by atoms with Gasteiger partial charge in [0.1, 0.15) is 0 Å². The van der Waals surface area contributed by atoms with Gasteiger partial charge in [-0.15, -0.1) is 0 Å². The van der Waals surface area contributed by atoms with Crippen LogP contribution in [0, 0.1) is 12.3 Å². The van der Waals surface area contributed by atoms with Crippen LogP contribution in [-0.2, 0) is 6.54 Å². The number of hydrogen-bond donors (Lipinski definition) is 0. The highest BCUT2D eigenvalue weighted by Crippen LogP contribution is 2.43. The van der Waals surface area contributed by atoms with Gasteiger partial charge in [-0.1, -0.05) is 62.2 Å². The van der Waals surface area contributed by atoms with Gasteiger partial charge in [0.25, 0.3) is 0 Å². The molecular weight excluding hydrogens is 314 g/mol. The first-order valence-electron chi connectivity index (χ1n) is 10.3. The molecule has 140 valence electrons. The molecule has 3 rings (SSSR count). The average Bonchev–Trinajstić information content (AvgIpc) is 2.95. The topological polar surface area (TPSA) is 4.93 Å². The van der Waals surface area contributed by atoms with Crippen molar-refractivity contribution in [3.05, 3.63) is 70.6 Å². The fourth-order valence-electron chi connectivity index (χ4n) is 4.74. The van der Waals surface area contributed by atoms with Crippen LogP contribution in [0.5, 0.6) is 0 Å². The van der Waals surface area contributed by atoms with Crippen LogP contribution in [0.15, 0.2) is 53.6 Å². The van der Waals surface area contributed by atoms with E-state index in [9.17, 15) is 0 Å². The van der Waals surface area contributed by atoms with E-state index in [1.54, 1.807) is 11.1 Å². The molecule has 1 aliphatic rings. The molecule has 1 atom stereocenters. The standard InChI is InChI=1S/C25H35N/c1-19-10-9-17-25(4,5)23(19)15-13-20(2)24-16-14-21(3)26(24)18-22-11-7-6-8-12-22/h6-8,11-12,14,16,20H,9-10,13,15,17-18H2,1-5H3. The molecule has 0 saturated carbocycles. The van der Waals surface area contributed by atoms with Crippen LogP contribution in [0.2, 0.25) is 0 Å². The van der Waals surface area contributed by atoms with Crippen molar-refractivity contribution in [2.45, 2.75) is 79.2 Å². The normalized spacial score (nSPS) is 18.2. The summed E-state index contributed by atoms with van der Waals surface area (Å²) in [6, 6.07) is 15.5. The number of benzene rings is 1. The fourth-order valence-corrected chi connectivity index (χ4v) is 4.74. The number of aromatic nitrogens is 1. The average molecular weight is 350 g/mol. The number of rotatable bonds is 6. The lowest BCUT2D eigenvalue weighted by atomic mass is 9.70. The van der Waals surface area contributed by atoms with E-state index >= 15 is 0 Å². The molecule has 0 saturated heterocycles. The Morgan fingerprint density at radius 1 is 1.04 bits per heavy atom. The first-order chi connectivity index (χ1) is 12.4. The van der Waals surface area contributed by atoms with Gasteiger partial charge in [0.15, 0.2) is 0 Å². The summed E-state index contributed by atoms with van der Waals surface area (Å²) in [5.74, 6) is 0.588. The molecule has 1 heterocycles. The first kappa shape index (κ1) is 19.0. The van der Waals surface area contributed by atoms with E-state index in [0.29, 0.717) is 11.3 Å². The van der Waals surface area contributed by atoms with Crippen LogP contribution >= 0.6 is 0 Å². The SMILES string of the molecule is CC1=C(CCC(C)c2ccc(C)n2Cc2ccccc2)C(C)(C)CCC1. The largest absolute Gasteiger partial charge is 0.344 e. The zero-order chi connectivity index (χ0) is 18.7. The van der Waals surface area contributed by atoms with Crippen molar-refractivity contribution in [2.75, 3.05) is 0 Å². The Balaban J connectivity index is 1.74. The lowest BCUT2D eigenvalue weighted by Gasteiger charge is -2.35. The van der Waals surface area contributed by atoms with Gasteiger partial charge >= 0.3 is 0 Å². The molecule has 0 bridgehead atoms. The molecule has 0 radical (unpaired) electrons. The van der Waals surface area contributed by atoms with Crippen LogP contribution in [0.3, 0.4) is 0 Å². The molecule has 0 N–H and O–H groups in total. The molecule has 1 aromatic heterocycles. The minimum atomic E-state index is 0.393. The first-order valence-corrected chi connectivity index (χ1v) is 10.3. The molecule has 1 heteroatoms. The third kappa shape index (κ3) is 4.14. The predicted octanol–water partition coefficient (Wildman–Crippen LogP) is 7.26. The van der Waals surface area contributed by atoms with Crippen LogP contribution in [0.1, 0.15) is 82.7 Å². The Kier molecular flexibility index (Phi) is 5.75. The third-order valence-electron chi connectivity index (χ3n) is 6.43. The Morgan fingerprint density at radius 3 is 2.46 bits per heavy atom. The second-order valence-electron chi connectivity index (χ2n) is 8.91. The van der Waals surface area contributed by atoms with Crippen molar-refractivity contribution in [3.63, 3.8) is 0 Å². The van der Waals surface area contributed by atoms with Gasteiger partial charge in [0.2, 0.25) is 0 Å². The molecular formula is C25H35N. The number of nitrogens with zero attached hydrogens (tertiary/aromatic N) is 1. The molecule has 0 spiro atoms. The second-order valence-corrected chi connectivity index (χ2v) is 8.91. The van der Waals surface area contributed by atoms with Gasteiger partial charge < -0.3 is 4.57 Å². The molecule has 1 unspecified atom stereocenters. The summed E-state index contributed by atoms with van der Waals surface area (Å²) < 4.78 is 2.51. The van der Waals surface area contributed by atoms with Gasteiger partial charge in [0.05, 0.1) is 0 Å². The van der Waals surface area contributed by atoms with E-state index in [0.717, 1.165) is 6.54 Å². The Labute approximate surface area is 160 Å². The number of aryl methyl sites for hydroxylation is 1. The molecule has 2 aromatic rings. The Bertz CT molecular complexity index is 761. The molecule has 0 amide bonds. The zero-order valence-electron chi connectivity index (χ0n) is 17.3. The maximum absolute atomic E-state index is 2.51. The van der Waals surface area contributed by atoms with Crippen LogP contribution in [-0.4, -0.2) is 4.57 Å². The minimum Gasteiger partial charge on any atom is -0.344 e. The molecule has 1 aromatic carbocycles. The number of allylic oxidation sites excluding steroid dienone is 2. The van der Waals surface area contributed by atoms with Gasteiger partial charge in [0, 0.05) is 17.9 Å². The van der Waals surface area contributed by atoms with E-state index < -0.39 is 0 Å². The molecule has 26 heavy (non-hydrogen) atoms. The van der Waals surface area contributed by atoms with Crippen molar-refractivity contribution in [1.29, 1.82) is 0 Å². The molecule has 0 fully saturated rings. The molecule has 1 aliphatic carbocycles. The summed E-state index contributed by atoms with van der Waals surface area (Å²) >= 11 is 0. The van der Waals surface area contributed by atoms with Crippen molar-refractivity contribution < 1.29 is 0 Å². The Hall–Kier alpha value is -1.76. The predicted molar refractivity (Wildman–Crippen MR) is 113 cm³/mol. The van der Waals surface area contributed by atoms with Gasteiger partial charge in [-0.2, -0.15) is 0 Å². The molecule has 0 aliphatic heterocycles. The van der Waals surface area contributed by atoms with Gasteiger partial charge in [-0.25, -0.2) is 0 Å². The van der Waals surface area contributed by atoms with E-state index in [2.05, 4.69) is 81.7 Å². The summed E-state index contributed by atoms with van der Waals surface area (Å²) in [5, 5.41) is 0. The van der Waals surface area contributed by atoms with Crippen LogP contribution in [0.25, 0.3) is 0 Å². The highest BCUT2D eigenvalue weighted by Gasteiger charge is 2.28. The lowest BCUT2D eigenvalue weighted by Crippen LogP contribution is -2.21. The summed E-state index contributed by atoms with van der Waals surface area (Å²) in [7, 11) is 0. The molecule has 1 nitrogen and oxygen atoms in total. The quantitative estimate of drug-likeness (QED) is 0.484. The maximum Gasteiger partial charge on any atom is 0.0475 e. The van der Waals surface area contributed by atoms with Gasteiger partial charge in [-0.05, 0) is 75.0 Å². The van der Waals surface area contributed by atoms with Crippen LogP contribution in [0.4, 0.5) is 0 Å².